The predicted octanol–water partition coefficient (Wildman–Crippen LogP) is 2.48. The van der Waals surface area contributed by atoms with E-state index in [1.807, 2.05) is 60.7 Å². The number of rotatable bonds is 9. The third-order valence-corrected chi connectivity index (χ3v) is 5.06. The minimum atomic E-state index is -0.809. The Balaban J connectivity index is 1.64. The second-order valence-corrected chi connectivity index (χ2v) is 7.54. The molecule has 3 rings (SSSR count). The SMILES string of the molecule is CNC(=O)/C=C/C1(NC(=O)[C@H](Cc2ccccc2)NC(=O)OCc2ccccc2)CC1. The molecule has 31 heavy (non-hydrogen) atoms. The van der Waals surface area contributed by atoms with Crippen molar-refractivity contribution in [1.29, 1.82) is 0 Å². The smallest absolute Gasteiger partial charge is 0.408 e. The van der Waals surface area contributed by atoms with Gasteiger partial charge in [-0.2, -0.15) is 0 Å². The maximum absolute atomic E-state index is 13.0. The molecular formula is C24H27N3O4. The van der Waals surface area contributed by atoms with Crippen molar-refractivity contribution in [3.8, 4) is 0 Å². The van der Waals surface area contributed by atoms with Crippen LogP contribution in [0.2, 0.25) is 0 Å². The van der Waals surface area contributed by atoms with Crippen molar-refractivity contribution in [2.75, 3.05) is 7.05 Å². The van der Waals surface area contributed by atoms with Crippen molar-refractivity contribution in [1.82, 2.24) is 16.0 Å². The van der Waals surface area contributed by atoms with E-state index in [0.717, 1.165) is 24.0 Å². The molecule has 0 heterocycles. The van der Waals surface area contributed by atoms with Crippen LogP contribution in [0.4, 0.5) is 4.79 Å². The largest absolute Gasteiger partial charge is 0.445 e. The number of nitrogens with one attached hydrogen (secondary N) is 3. The zero-order valence-corrected chi connectivity index (χ0v) is 17.5. The van der Waals surface area contributed by atoms with Crippen LogP contribution < -0.4 is 16.0 Å². The third kappa shape index (κ3) is 6.99. The van der Waals surface area contributed by atoms with Gasteiger partial charge in [-0.1, -0.05) is 66.7 Å². The van der Waals surface area contributed by atoms with Gasteiger partial charge in [0.1, 0.15) is 12.6 Å². The molecule has 0 radical (unpaired) electrons. The van der Waals surface area contributed by atoms with Gasteiger partial charge < -0.3 is 20.7 Å². The molecule has 0 unspecified atom stereocenters. The number of ether oxygens (including phenoxy) is 1. The van der Waals surface area contributed by atoms with E-state index in [-0.39, 0.29) is 18.4 Å². The van der Waals surface area contributed by atoms with E-state index in [1.54, 1.807) is 13.1 Å². The lowest BCUT2D eigenvalue weighted by Crippen LogP contribution is -2.51. The average molecular weight is 421 g/mol. The fraction of sp³-hybridized carbons (Fsp3) is 0.292. The Bertz CT molecular complexity index is 924. The highest BCUT2D eigenvalue weighted by Gasteiger charge is 2.43. The summed E-state index contributed by atoms with van der Waals surface area (Å²) in [5, 5.41) is 8.17. The first-order valence-electron chi connectivity index (χ1n) is 10.2. The van der Waals surface area contributed by atoms with Crippen LogP contribution in [0.3, 0.4) is 0 Å². The second-order valence-electron chi connectivity index (χ2n) is 7.54. The zero-order chi connectivity index (χ0) is 22.1. The Morgan fingerprint density at radius 2 is 1.61 bits per heavy atom. The number of alkyl carbamates (subject to hydrolysis) is 1. The zero-order valence-electron chi connectivity index (χ0n) is 17.5. The lowest BCUT2D eigenvalue weighted by Gasteiger charge is -2.21. The van der Waals surface area contributed by atoms with Crippen molar-refractivity contribution in [3.63, 3.8) is 0 Å². The first-order valence-corrected chi connectivity index (χ1v) is 10.2. The van der Waals surface area contributed by atoms with Crippen molar-refractivity contribution < 1.29 is 19.1 Å². The van der Waals surface area contributed by atoms with Crippen LogP contribution in [-0.2, 0) is 27.4 Å². The van der Waals surface area contributed by atoms with Crippen LogP contribution in [0.25, 0.3) is 0 Å². The second kappa shape index (κ2) is 10.4. The van der Waals surface area contributed by atoms with Crippen LogP contribution in [0.5, 0.6) is 0 Å². The molecule has 2 aromatic rings. The van der Waals surface area contributed by atoms with Gasteiger partial charge in [-0.15, -0.1) is 0 Å². The molecule has 1 aliphatic rings. The molecule has 1 aliphatic carbocycles. The Morgan fingerprint density at radius 3 is 2.19 bits per heavy atom. The Hall–Kier alpha value is -3.61. The summed E-state index contributed by atoms with van der Waals surface area (Å²) in [5.41, 5.74) is 1.23. The Kier molecular flexibility index (Phi) is 7.43. The van der Waals surface area contributed by atoms with Gasteiger partial charge in [-0.3, -0.25) is 9.59 Å². The molecule has 0 aromatic heterocycles. The predicted molar refractivity (Wildman–Crippen MR) is 117 cm³/mol. The van der Waals surface area contributed by atoms with E-state index in [9.17, 15) is 14.4 Å². The molecule has 0 saturated heterocycles. The lowest BCUT2D eigenvalue weighted by molar-refractivity contribution is -0.123. The van der Waals surface area contributed by atoms with Crippen LogP contribution in [-0.4, -0.2) is 36.5 Å². The van der Waals surface area contributed by atoms with Crippen molar-refractivity contribution in [2.24, 2.45) is 0 Å². The number of hydrogen-bond acceptors (Lipinski definition) is 4. The Morgan fingerprint density at radius 1 is 1.00 bits per heavy atom. The molecule has 3 N–H and O–H groups in total. The van der Waals surface area contributed by atoms with Crippen LogP contribution in [0.1, 0.15) is 24.0 Å². The maximum atomic E-state index is 13.0. The summed E-state index contributed by atoms with van der Waals surface area (Å²) in [7, 11) is 1.55. The first kappa shape index (κ1) is 22.1. The molecule has 0 spiro atoms. The van der Waals surface area contributed by atoms with E-state index in [0.29, 0.717) is 6.42 Å². The Labute approximate surface area is 181 Å². The molecule has 7 heteroatoms. The van der Waals surface area contributed by atoms with Gasteiger partial charge in [0, 0.05) is 19.5 Å². The van der Waals surface area contributed by atoms with Gasteiger partial charge in [-0.25, -0.2) is 4.79 Å². The minimum absolute atomic E-state index is 0.116. The van der Waals surface area contributed by atoms with E-state index in [1.165, 1.54) is 6.08 Å². The molecule has 0 aliphatic heterocycles. The standard InChI is InChI=1S/C24H27N3O4/c1-25-21(28)12-13-24(14-15-24)27-22(29)20(16-18-8-4-2-5-9-18)26-23(30)31-17-19-10-6-3-7-11-19/h2-13,20H,14-17H2,1H3,(H,25,28)(H,26,30)(H,27,29)/b13-12+/t20-/m0/s1. The van der Waals surface area contributed by atoms with E-state index in [2.05, 4.69) is 16.0 Å². The van der Waals surface area contributed by atoms with Crippen molar-refractivity contribution in [3.05, 3.63) is 83.9 Å². The molecule has 7 nitrogen and oxygen atoms in total. The summed E-state index contributed by atoms with van der Waals surface area (Å²) in [6, 6.07) is 18.0. The highest BCUT2D eigenvalue weighted by molar-refractivity contribution is 5.89. The molecule has 1 atom stereocenters. The number of hydrogen-bond donors (Lipinski definition) is 3. The molecule has 3 amide bonds. The summed E-state index contributed by atoms with van der Waals surface area (Å²) >= 11 is 0. The normalized spacial score (nSPS) is 15.0. The summed E-state index contributed by atoms with van der Waals surface area (Å²) in [4.78, 5) is 36.9. The van der Waals surface area contributed by atoms with E-state index < -0.39 is 17.7 Å². The van der Waals surface area contributed by atoms with Crippen LogP contribution in [0.15, 0.2) is 72.8 Å². The number of amides is 3. The van der Waals surface area contributed by atoms with Gasteiger partial charge in [0.2, 0.25) is 11.8 Å². The monoisotopic (exact) mass is 421 g/mol. The van der Waals surface area contributed by atoms with Gasteiger partial charge in [0.05, 0.1) is 5.54 Å². The molecule has 162 valence electrons. The van der Waals surface area contributed by atoms with Crippen molar-refractivity contribution in [2.45, 2.75) is 37.5 Å². The fourth-order valence-electron chi connectivity index (χ4n) is 3.09. The molecule has 2 aromatic carbocycles. The fourth-order valence-corrected chi connectivity index (χ4v) is 3.09. The van der Waals surface area contributed by atoms with Crippen molar-refractivity contribution >= 4 is 17.9 Å². The van der Waals surface area contributed by atoms with Gasteiger partial charge >= 0.3 is 6.09 Å². The summed E-state index contributed by atoms with van der Waals surface area (Å²) in [6.07, 6.45) is 4.26. The number of benzene rings is 2. The third-order valence-electron chi connectivity index (χ3n) is 5.06. The van der Waals surface area contributed by atoms with E-state index >= 15 is 0 Å². The first-order chi connectivity index (χ1) is 15.0. The number of carbonyl (C=O) groups is 3. The highest BCUT2D eigenvalue weighted by atomic mass is 16.5. The van der Waals surface area contributed by atoms with Gasteiger partial charge in [-0.05, 0) is 24.0 Å². The average Bonchev–Trinajstić information content (AvgIpc) is 3.56. The minimum Gasteiger partial charge on any atom is -0.445 e. The molecule has 0 bridgehead atoms. The van der Waals surface area contributed by atoms with Crippen LogP contribution >= 0.6 is 0 Å². The lowest BCUT2D eigenvalue weighted by atomic mass is 10.0. The van der Waals surface area contributed by atoms with E-state index in [4.69, 9.17) is 4.74 Å². The molecule has 1 fully saturated rings. The highest BCUT2D eigenvalue weighted by Crippen LogP contribution is 2.36. The van der Waals surface area contributed by atoms with Gasteiger partial charge in [0.15, 0.2) is 0 Å². The topological polar surface area (TPSA) is 96.5 Å². The maximum Gasteiger partial charge on any atom is 0.408 e. The molecule has 1 saturated carbocycles. The quantitative estimate of drug-likeness (QED) is 0.542. The van der Waals surface area contributed by atoms with Crippen LogP contribution in [0, 0.1) is 0 Å². The number of carbonyl (C=O) groups excluding carboxylic acids is 3. The summed E-state index contributed by atoms with van der Waals surface area (Å²) < 4.78 is 5.29. The number of likely N-dealkylation sites (N-methyl/N-ethyl adjacent to an activating group) is 1. The summed E-state index contributed by atoms with van der Waals surface area (Å²) in [5.74, 6) is -0.552. The summed E-state index contributed by atoms with van der Waals surface area (Å²) in [6.45, 7) is 0.116. The van der Waals surface area contributed by atoms with Gasteiger partial charge in [0.25, 0.3) is 0 Å². The molecular weight excluding hydrogens is 394 g/mol.